The summed E-state index contributed by atoms with van der Waals surface area (Å²) in [4.78, 5) is 16.3. The Morgan fingerprint density at radius 3 is 2.58 bits per heavy atom. The number of pyridine rings is 1. The normalized spacial score (nSPS) is 17.5. The van der Waals surface area contributed by atoms with Crippen molar-refractivity contribution in [2.24, 2.45) is 0 Å². The van der Waals surface area contributed by atoms with E-state index in [9.17, 15) is 26.4 Å². The minimum atomic E-state index is -4.55. The number of alkyl halides is 3. The monoisotopic (exact) mass is 476 g/mol. The van der Waals surface area contributed by atoms with E-state index in [1.54, 1.807) is 18.2 Å². The number of amides is 1. The maximum Gasteiger partial charge on any atom is 0.417 e. The predicted octanol–water partition coefficient (Wildman–Crippen LogP) is 3.14. The van der Waals surface area contributed by atoms with Gasteiger partial charge in [-0.1, -0.05) is 29.8 Å². The second-order valence-corrected chi connectivity index (χ2v) is 9.15. The zero-order valence-electron chi connectivity index (χ0n) is 16.2. The minimum absolute atomic E-state index is 0.0538. The van der Waals surface area contributed by atoms with Crippen LogP contribution in [0, 0.1) is 0 Å². The van der Waals surface area contributed by atoms with Gasteiger partial charge >= 0.3 is 6.18 Å². The van der Waals surface area contributed by atoms with E-state index in [-0.39, 0.29) is 35.4 Å². The summed E-state index contributed by atoms with van der Waals surface area (Å²) >= 11 is 5.82. The molecule has 1 aliphatic heterocycles. The summed E-state index contributed by atoms with van der Waals surface area (Å²) in [6.07, 6.45) is -2.92. The molecule has 1 aliphatic rings. The van der Waals surface area contributed by atoms with E-state index in [0.717, 1.165) is 6.07 Å². The lowest BCUT2D eigenvalue weighted by Crippen LogP contribution is -2.46. The Bertz CT molecular complexity index is 1040. The van der Waals surface area contributed by atoms with Crippen LogP contribution in [0.25, 0.3) is 0 Å². The van der Waals surface area contributed by atoms with Crippen molar-refractivity contribution >= 4 is 33.3 Å². The van der Waals surface area contributed by atoms with Gasteiger partial charge in [-0.15, -0.1) is 0 Å². The van der Waals surface area contributed by atoms with Gasteiger partial charge in [0.25, 0.3) is 0 Å². The first-order valence-corrected chi connectivity index (χ1v) is 11.2. The lowest BCUT2D eigenvalue weighted by Gasteiger charge is -2.23. The Morgan fingerprint density at radius 1 is 1.23 bits per heavy atom. The summed E-state index contributed by atoms with van der Waals surface area (Å²) in [6.45, 7) is 0.494. The fourth-order valence-corrected chi connectivity index (χ4v) is 5.14. The SMILES string of the molecule is O=C(NCCNc1ncc(C(F)(F)F)cc1Cl)C1CCCN1S(=O)(=O)c1ccccc1. The summed E-state index contributed by atoms with van der Waals surface area (Å²) in [5.74, 6) is -0.386. The van der Waals surface area contributed by atoms with Gasteiger partial charge < -0.3 is 10.6 Å². The van der Waals surface area contributed by atoms with Gasteiger partial charge in [-0.2, -0.15) is 17.5 Å². The van der Waals surface area contributed by atoms with Crippen LogP contribution >= 0.6 is 11.6 Å². The largest absolute Gasteiger partial charge is 0.417 e. The first-order chi connectivity index (χ1) is 14.6. The van der Waals surface area contributed by atoms with Gasteiger partial charge in [-0.25, -0.2) is 13.4 Å². The Hall–Kier alpha value is -2.37. The molecule has 0 bridgehead atoms. The first kappa shape index (κ1) is 23.3. The van der Waals surface area contributed by atoms with E-state index in [4.69, 9.17) is 11.6 Å². The quantitative estimate of drug-likeness (QED) is 0.599. The number of nitrogens with one attached hydrogen (secondary N) is 2. The summed E-state index contributed by atoms with van der Waals surface area (Å²) in [5.41, 5.74) is -0.961. The highest BCUT2D eigenvalue weighted by atomic mass is 35.5. The van der Waals surface area contributed by atoms with E-state index in [1.165, 1.54) is 16.4 Å². The highest BCUT2D eigenvalue weighted by Gasteiger charge is 2.39. The molecular formula is C19H20ClF3N4O3S. The Kier molecular flexibility index (Phi) is 7.07. The van der Waals surface area contributed by atoms with Crippen LogP contribution in [0.2, 0.25) is 5.02 Å². The number of aromatic nitrogens is 1. The molecule has 0 saturated carbocycles. The van der Waals surface area contributed by atoms with Crippen molar-refractivity contribution in [1.82, 2.24) is 14.6 Å². The molecule has 12 heteroatoms. The maximum atomic E-state index is 12.8. The van der Waals surface area contributed by atoms with Gasteiger partial charge in [-0.3, -0.25) is 4.79 Å². The van der Waals surface area contributed by atoms with Gasteiger partial charge in [-0.05, 0) is 31.0 Å². The summed E-state index contributed by atoms with van der Waals surface area (Å²) in [5, 5.41) is 5.20. The van der Waals surface area contributed by atoms with Crippen molar-refractivity contribution in [3.05, 3.63) is 53.2 Å². The lowest BCUT2D eigenvalue weighted by molar-refractivity contribution is -0.137. The van der Waals surface area contributed by atoms with Crippen molar-refractivity contribution in [2.45, 2.75) is 30.0 Å². The van der Waals surface area contributed by atoms with Crippen LogP contribution in [0.5, 0.6) is 0 Å². The molecule has 1 aromatic carbocycles. The fraction of sp³-hybridized carbons (Fsp3) is 0.368. The molecule has 168 valence electrons. The third-order valence-electron chi connectivity index (χ3n) is 4.74. The predicted molar refractivity (Wildman–Crippen MR) is 109 cm³/mol. The lowest BCUT2D eigenvalue weighted by atomic mass is 10.2. The van der Waals surface area contributed by atoms with E-state index in [1.807, 2.05) is 0 Å². The average Bonchev–Trinajstić information content (AvgIpc) is 3.23. The number of sulfonamides is 1. The van der Waals surface area contributed by atoms with E-state index in [0.29, 0.717) is 19.0 Å². The molecule has 1 unspecified atom stereocenters. The van der Waals surface area contributed by atoms with Crippen LogP contribution in [0.15, 0.2) is 47.5 Å². The zero-order valence-corrected chi connectivity index (χ0v) is 17.8. The van der Waals surface area contributed by atoms with Gasteiger partial charge in [0.15, 0.2) is 0 Å². The molecule has 1 fully saturated rings. The van der Waals surface area contributed by atoms with Crippen molar-refractivity contribution in [3.8, 4) is 0 Å². The van der Waals surface area contributed by atoms with Crippen molar-refractivity contribution in [3.63, 3.8) is 0 Å². The van der Waals surface area contributed by atoms with Gasteiger partial charge in [0.2, 0.25) is 15.9 Å². The Labute approximate surface area is 182 Å². The molecule has 0 radical (unpaired) electrons. The van der Waals surface area contributed by atoms with Gasteiger partial charge in [0, 0.05) is 25.8 Å². The second kappa shape index (κ2) is 9.41. The van der Waals surface area contributed by atoms with Crippen molar-refractivity contribution < 1.29 is 26.4 Å². The highest BCUT2D eigenvalue weighted by Crippen LogP contribution is 2.32. The van der Waals surface area contributed by atoms with Crippen LogP contribution in [-0.4, -0.2) is 49.3 Å². The summed E-state index contributed by atoms with van der Waals surface area (Å²) < 4.78 is 64.8. The van der Waals surface area contributed by atoms with Crippen LogP contribution in [0.4, 0.5) is 19.0 Å². The zero-order chi connectivity index (χ0) is 22.6. The molecule has 1 aromatic heterocycles. The Balaban J connectivity index is 1.55. The molecule has 1 saturated heterocycles. The summed E-state index contributed by atoms with van der Waals surface area (Å²) in [7, 11) is -3.79. The van der Waals surface area contributed by atoms with Crippen molar-refractivity contribution in [1.29, 1.82) is 0 Å². The minimum Gasteiger partial charge on any atom is -0.367 e. The molecule has 3 rings (SSSR count). The molecule has 31 heavy (non-hydrogen) atoms. The number of hydrogen-bond acceptors (Lipinski definition) is 5. The standard InChI is InChI=1S/C19H20ClF3N4O3S/c20-15-11-13(19(21,22)23)12-26-17(15)24-8-9-25-18(28)16-7-4-10-27(16)31(29,30)14-5-2-1-3-6-14/h1-3,5-6,11-12,16H,4,7-10H2,(H,24,26)(H,25,28). The number of carbonyl (C=O) groups is 1. The highest BCUT2D eigenvalue weighted by molar-refractivity contribution is 7.89. The number of halogens is 4. The van der Waals surface area contributed by atoms with Gasteiger partial charge in [0.05, 0.1) is 15.5 Å². The third-order valence-corrected chi connectivity index (χ3v) is 6.95. The van der Waals surface area contributed by atoms with E-state index < -0.39 is 33.7 Å². The van der Waals surface area contributed by atoms with Gasteiger partial charge in [0.1, 0.15) is 11.9 Å². The molecule has 2 aromatic rings. The van der Waals surface area contributed by atoms with Crippen LogP contribution in [-0.2, 0) is 21.0 Å². The molecule has 0 aliphatic carbocycles. The molecule has 2 heterocycles. The van der Waals surface area contributed by atoms with Crippen LogP contribution in [0.1, 0.15) is 18.4 Å². The molecular weight excluding hydrogens is 457 g/mol. The number of hydrogen-bond donors (Lipinski definition) is 2. The number of anilines is 1. The van der Waals surface area contributed by atoms with E-state index in [2.05, 4.69) is 15.6 Å². The molecule has 2 N–H and O–H groups in total. The smallest absolute Gasteiger partial charge is 0.367 e. The maximum absolute atomic E-state index is 12.8. The molecule has 1 amide bonds. The van der Waals surface area contributed by atoms with E-state index >= 15 is 0 Å². The molecule has 1 atom stereocenters. The number of rotatable bonds is 7. The first-order valence-electron chi connectivity index (χ1n) is 9.42. The van der Waals surface area contributed by atoms with Crippen LogP contribution < -0.4 is 10.6 Å². The topological polar surface area (TPSA) is 91.4 Å². The summed E-state index contributed by atoms with van der Waals surface area (Å²) in [6, 6.07) is 7.84. The fourth-order valence-electron chi connectivity index (χ4n) is 3.23. The molecule has 7 nitrogen and oxygen atoms in total. The number of carbonyl (C=O) groups excluding carboxylic acids is 1. The average molecular weight is 477 g/mol. The Morgan fingerprint density at radius 2 is 1.94 bits per heavy atom. The van der Waals surface area contributed by atoms with Crippen molar-refractivity contribution in [2.75, 3.05) is 25.0 Å². The number of nitrogens with zero attached hydrogens (tertiary/aromatic N) is 2. The molecule has 0 spiro atoms. The number of benzene rings is 1. The van der Waals surface area contributed by atoms with Crippen LogP contribution in [0.3, 0.4) is 0 Å². The third kappa shape index (κ3) is 5.46. The second-order valence-electron chi connectivity index (χ2n) is 6.86.